The number of aryl methyl sites for hydroxylation is 1. The Morgan fingerprint density at radius 3 is 2.14 bits per heavy atom. The highest BCUT2D eigenvalue weighted by molar-refractivity contribution is 5.43. The van der Waals surface area contributed by atoms with Crippen LogP contribution in [0.1, 0.15) is 22.7 Å². The Labute approximate surface area is 122 Å². The average molecular weight is 293 g/mol. The molecule has 0 aliphatic heterocycles. The summed E-state index contributed by atoms with van der Waals surface area (Å²) in [6, 6.07) is 6.51. The van der Waals surface area contributed by atoms with E-state index in [4.69, 9.17) is 15.2 Å². The van der Waals surface area contributed by atoms with Crippen molar-refractivity contribution in [1.29, 1.82) is 0 Å². The van der Waals surface area contributed by atoms with E-state index >= 15 is 0 Å². The van der Waals surface area contributed by atoms with Crippen LogP contribution < -0.4 is 15.2 Å². The molecule has 0 aliphatic rings. The molecular formula is C16H17F2NO2. The highest BCUT2D eigenvalue weighted by Gasteiger charge is 2.20. The molecule has 0 saturated heterocycles. The van der Waals surface area contributed by atoms with Crippen LogP contribution in [0.15, 0.2) is 30.3 Å². The molecule has 0 aliphatic carbocycles. The van der Waals surface area contributed by atoms with Crippen LogP contribution in [0.25, 0.3) is 0 Å². The molecule has 2 aromatic carbocycles. The van der Waals surface area contributed by atoms with Gasteiger partial charge in [0.15, 0.2) is 0 Å². The number of nitrogens with two attached hydrogens (primary N) is 1. The van der Waals surface area contributed by atoms with Gasteiger partial charge in [-0.15, -0.1) is 0 Å². The van der Waals surface area contributed by atoms with Gasteiger partial charge in [0.25, 0.3) is 0 Å². The average Bonchev–Trinajstić information content (AvgIpc) is 2.46. The first kappa shape index (κ1) is 15.3. The second kappa shape index (κ2) is 6.10. The Balaban J connectivity index is 2.47. The summed E-state index contributed by atoms with van der Waals surface area (Å²) in [7, 11) is 2.88. The number of halogens is 2. The van der Waals surface area contributed by atoms with Crippen LogP contribution in [-0.2, 0) is 0 Å². The summed E-state index contributed by atoms with van der Waals surface area (Å²) in [5.41, 5.74) is 7.30. The quantitative estimate of drug-likeness (QED) is 0.940. The number of benzene rings is 2. The van der Waals surface area contributed by atoms with Crippen molar-refractivity contribution >= 4 is 0 Å². The van der Waals surface area contributed by atoms with Crippen molar-refractivity contribution in [3.05, 3.63) is 58.7 Å². The van der Waals surface area contributed by atoms with Crippen LogP contribution in [0.4, 0.5) is 8.78 Å². The van der Waals surface area contributed by atoms with Gasteiger partial charge < -0.3 is 15.2 Å². The Morgan fingerprint density at radius 2 is 1.62 bits per heavy atom. The molecule has 1 unspecified atom stereocenters. The van der Waals surface area contributed by atoms with E-state index in [1.165, 1.54) is 14.2 Å². The third kappa shape index (κ3) is 2.97. The maximum absolute atomic E-state index is 14.1. The summed E-state index contributed by atoms with van der Waals surface area (Å²) in [5.74, 6) is -0.738. The van der Waals surface area contributed by atoms with Gasteiger partial charge >= 0.3 is 0 Å². The van der Waals surface area contributed by atoms with E-state index in [1.54, 1.807) is 18.2 Å². The highest BCUT2D eigenvalue weighted by atomic mass is 19.1. The van der Waals surface area contributed by atoms with E-state index in [9.17, 15) is 8.78 Å². The minimum absolute atomic E-state index is 0.113. The summed E-state index contributed by atoms with van der Waals surface area (Å²) in [6.07, 6.45) is 0. The van der Waals surface area contributed by atoms with Crippen molar-refractivity contribution in [1.82, 2.24) is 0 Å². The second-order valence-electron chi connectivity index (χ2n) is 4.71. The van der Waals surface area contributed by atoms with Crippen molar-refractivity contribution in [3.8, 4) is 11.5 Å². The van der Waals surface area contributed by atoms with Crippen LogP contribution in [0.5, 0.6) is 11.5 Å². The van der Waals surface area contributed by atoms with Gasteiger partial charge in [0.2, 0.25) is 0 Å². The molecule has 2 rings (SSSR count). The molecule has 0 spiro atoms. The third-order valence-electron chi connectivity index (χ3n) is 3.39. The number of methoxy groups -OCH3 is 2. The minimum atomic E-state index is -0.926. The molecule has 0 aromatic heterocycles. The van der Waals surface area contributed by atoms with Gasteiger partial charge in [-0.25, -0.2) is 8.78 Å². The predicted octanol–water partition coefficient (Wildman–Crippen LogP) is 3.34. The maximum atomic E-state index is 14.1. The SMILES string of the molecule is COc1cc(F)c(C(N)c2ccc(C)c(OC)c2)c(F)c1. The van der Waals surface area contributed by atoms with Crippen molar-refractivity contribution in [3.63, 3.8) is 0 Å². The molecule has 0 radical (unpaired) electrons. The molecule has 0 saturated carbocycles. The third-order valence-corrected chi connectivity index (χ3v) is 3.39. The monoisotopic (exact) mass is 293 g/mol. The van der Waals surface area contributed by atoms with Crippen molar-refractivity contribution in [2.24, 2.45) is 5.73 Å². The fraction of sp³-hybridized carbons (Fsp3) is 0.250. The second-order valence-corrected chi connectivity index (χ2v) is 4.71. The topological polar surface area (TPSA) is 44.5 Å². The van der Waals surface area contributed by atoms with Crippen molar-refractivity contribution in [2.45, 2.75) is 13.0 Å². The smallest absolute Gasteiger partial charge is 0.134 e. The zero-order valence-electron chi connectivity index (χ0n) is 12.1. The zero-order chi connectivity index (χ0) is 15.6. The van der Waals surface area contributed by atoms with Crippen LogP contribution in [0.3, 0.4) is 0 Å². The zero-order valence-corrected chi connectivity index (χ0v) is 12.1. The summed E-state index contributed by atoms with van der Waals surface area (Å²) < 4.78 is 38.2. The van der Waals surface area contributed by atoms with Gasteiger partial charge in [-0.1, -0.05) is 12.1 Å². The lowest BCUT2D eigenvalue weighted by molar-refractivity contribution is 0.404. The summed E-state index contributed by atoms with van der Waals surface area (Å²) >= 11 is 0. The molecule has 3 nitrogen and oxygen atoms in total. The summed E-state index contributed by atoms with van der Waals surface area (Å²) in [5, 5.41) is 0. The largest absolute Gasteiger partial charge is 0.497 e. The lowest BCUT2D eigenvalue weighted by atomic mass is 9.97. The molecule has 112 valence electrons. The molecule has 5 heteroatoms. The Kier molecular flexibility index (Phi) is 4.43. The summed E-state index contributed by atoms with van der Waals surface area (Å²) in [4.78, 5) is 0. The molecule has 0 bridgehead atoms. The molecule has 1 atom stereocenters. The Bertz CT molecular complexity index is 636. The van der Waals surface area contributed by atoms with Crippen LogP contribution in [-0.4, -0.2) is 14.2 Å². The molecule has 2 N–H and O–H groups in total. The number of hydrogen-bond acceptors (Lipinski definition) is 3. The van der Waals surface area contributed by atoms with Crippen molar-refractivity contribution < 1.29 is 18.3 Å². The van der Waals surface area contributed by atoms with Crippen molar-refractivity contribution in [2.75, 3.05) is 14.2 Å². The number of rotatable bonds is 4. The fourth-order valence-electron chi connectivity index (χ4n) is 2.17. The van der Waals surface area contributed by atoms with Crippen LogP contribution in [0, 0.1) is 18.6 Å². The minimum Gasteiger partial charge on any atom is -0.497 e. The molecule has 2 aromatic rings. The molecular weight excluding hydrogens is 276 g/mol. The van der Waals surface area contributed by atoms with E-state index in [-0.39, 0.29) is 11.3 Å². The first-order valence-corrected chi connectivity index (χ1v) is 6.41. The van der Waals surface area contributed by atoms with E-state index in [1.807, 2.05) is 6.92 Å². The van der Waals surface area contributed by atoms with Gasteiger partial charge in [0, 0.05) is 17.7 Å². The summed E-state index contributed by atoms with van der Waals surface area (Å²) in [6.45, 7) is 1.88. The number of ether oxygens (including phenoxy) is 2. The Hall–Kier alpha value is -2.14. The lowest BCUT2D eigenvalue weighted by Gasteiger charge is -2.17. The molecule has 0 amide bonds. The van der Waals surface area contributed by atoms with Gasteiger partial charge in [0.05, 0.1) is 20.3 Å². The van der Waals surface area contributed by atoms with Gasteiger partial charge in [0.1, 0.15) is 23.1 Å². The van der Waals surface area contributed by atoms with E-state index < -0.39 is 17.7 Å². The standard InChI is InChI=1S/C16H17F2NO2/c1-9-4-5-10(6-14(9)21-3)16(19)15-12(17)7-11(20-2)8-13(15)18/h4-8,16H,19H2,1-3H3. The van der Waals surface area contributed by atoms with Gasteiger partial charge in [-0.2, -0.15) is 0 Å². The highest BCUT2D eigenvalue weighted by Crippen LogP contribution is 2.30. The van der Waals surface area contributed by atoms with Crippen LogP contribution >= 0.6 is 0 Å². The van der Waals surface area contributed by atoms with E-state index in [0.717, 1.165) is 17.7 Å². The van der Waals surface area contributed by atoms with E-state index in [0.29, 0.717) is 11.3 Å². The normalized spacial score (nSPS) is 12.1. The van der Waals surface area contributed by atoms with Crippen LogP contribution in [0.2, 0.25) is 0 Å². The van der Waals surface area contributed by atoms with E-state index in [2.05, 4.69) is 0 Å². The molecule has 21 heavy (non-hydrogen) atoms. The fourth-order valence-corrected chi connectivity index (χ4v) is 2.17. The molecule has 0 heterocycles. The van der Waals surface area contributed by atoms with Gasteiger partial charge in [-0.05, 0) is 24.1 Å². The number of hydrogen-bond donors (Lipinski definition) is 1. The molecule has 0 fully saturated rings. The lowest BCUT2D eigenvalue weighted by Crippen LogP contribution is -2.16. The van der Waals surface area contributed by atoms with Gasteiger partial charge in [-0.3, -0.25) is 0 Å². The Morgan fingerprint density at radius 1 is 1.00 bits per heavy atom. The first-order chi connectivity index (χ1) is 9.97. The predicted molar refractivity (Wildman–Crippen MR) is 76.7 cm³/mol. The maximum Gasteiger partial charge on any atom is 0.134 e. The first-order valence-electron chi connectivity index (χ1n) is 6.41.